The van der Waals surface area contributed by atoms with Crippen LogP contribution in [0.4, 0.5) is 0 Å². The fourth-order valence-corrected chi connectivity index (χ4v) is 1.73. The number of aliphatic carboxylic acids is 1. The molecule has 22 heavy (non-hydrogen) atoms. The smallest absolute Gasteiger partial charge is 0.325 e. The fraction of sp³-hybridized carbons (Fsp3) is 0.375. The molecule has 0 radical (unpaired) electrons. The highest BCUT2D eigenvalue weighted by Crippen LogP contribution is 2.01. The van der Waals surface area contributed by atoms with E-state index in [9.17, 15) is 9.59 Å². The zero-order valence-corrected chi connectivity index (χ0v) is 13.2. The van der Waals surface area contributed by atoms with Crippen LogP contribution in [0.5, 0.6) is 0 Å². The van der Waals surface area contributed by atoms with Crippen molar-refractivity contribution in [2.75, 3.05) is 20.3 Å². The number of carboxylic acids is 1. The SMILES string of the molecule is CC(NC(=O)c1ccccc1)C(=O)O.CCN1C=CN(C)C1. The maximum absolute atomic E-state index is 11.4. The maximum atomic E-state index is 11.4. The zero-order chi connectivity index (χ0) is 16.5. The molecule has 1 aromatic rings. The lowest BCUT2D eigenvalue weighted by Crippen LogP contribution is -2.38. The Bertz CT molecular complexity index is 517. The molecule has 1 aliphatic rings. The molecule has 0 spiro atoms. The van der Waals surface area contributed by atoms with Crippen LogP contribution >= 0.6 is 0 Å². The third kappa shape index (κ3) is 5.87. The number of carbonyl (C=O) groups excluding carboxylic acids is 1. The highest BCUT2D eigenvalue weighted by molar-refractivity contribution is 5.96. The molecule has 0 aliphatic carbocycles. The standard InChI is InChI=1S/C10H11NO3.C6H12N2/c1-7(10(13)14)11-9(12)8-5-3-2-4-6-8;1-3-8-5-4-7(2)6-8/h2-7H,1H3,(H,11,12)(H,13,14);4-5H,3,6H2,1-2H3. The summed E-state index contributed by atoms with van der Waals surface area (Å²) in [5.74, 6) is -1.42. The van der Waals surface area contributed by atoms with Crippen LogP contribution in [0.1, 0.15) is 24.2 Å². The Morgan fingerprint density at radius 1 is 1.27 bits per heavy atom. The molecule has 0 saturated heterocycles. The van der Waals surface area contributed by atoms with Crippen LogP contribution in [0.2, 0.25) is 0 Å². The Hall–Kier alpha value is -2.50. The molecule has 6 heteroatoms. The van der Waals surface area contributed by atoms with E-state index in [-0.39, 0.29) is 5.91 Å². The Balaban J connectivity index is 0.000000255. The van der Waals surface area contributed by atoms with Gasteiger partial charge in [-0.1, -0.05) is 18.2 Å². The lowest BCUT2D eigenvalue weighted by atomic mass is 10.2. The normalized spacial score (nSPS) is 14.1. The van der Waals surface area contributed by atoms with Crippen molar-refractivity contribution in [1.82, 2.24) is 15.1 Å². The summed E-state index contributed by atoms with van der Waals surface area (Å²) < 4.78 is 0. The predicted octanol–water partition coefficient (Wildman–Crippen LogP) is 1.57. The van der Waals surface area contributed by atoms with E-state index in [1.165, 1.54) is 6.92 Å². The molecule has 6 nitrogen and oxygen atoms in total. The maximum Gasteiger partial charge on any atom is 0.325 e. The van der Waals surface area contributed by atoms with Crippen molar-refractivity contribution >= 4 is 11.9 Å². The second-order valence-electron chi connectivity index (χ2n) is 5.00. The molecule has 1 aromatic carbocycles. The number of nitrogens with one attached hydrogen (secondary N) is 1. The van der Waals surface area contributed by atoms with Crippen molar-refractivity contribution in [2.45, 2.75) is 19.9 Å². The van der Waals surface area contributed by atoms with Crippen molar-refractivity contribution in [1.29, 1.82) is 0 Å². The molecule has 1 aliphatic heterocycles. The molecule has 0 bridgehead atoms. The largest absolute Gasteiger partial charge is 0.480 e. The third-order valence-electron chi connectivity index (χ3n) is 3.10. The summed E-state index contributed by atoms with van der Waals surface area (Å²) in [6.07, 6.45) is 4.20. The summed E-state index contributed by atoms with van der Waals surface area (Å²) in [6, 6.07) is 7.62. The number of carboxylic acid groups (broad SMARTS) is 1. The molecule has 1 unspecified atom stereocenters. The van der Waals surface area contributed by atoms with Gasteiger partial charge in [0, 0.05) is 31.6 Å². The molecule has 2 rings (SSSR count). The predicted molar refractivity (Wildman–Crippen MR) is 85.2 cm³/mol. The lowest BCUT2D eigenvalue weighted by Gasteiger charge is -2.14. The van der Waals surface area contributed by atoms with Gasteiger partial charge in [0.15, 0.2) is 0 Å². The zero-order valence-electron chi connectivity index (χ0n) is 13.2. The van der Waals surface area contributed by atoms with Gasteiger partial charge in [0.2, 0.25) is 0 Å². The first-order valence-electron chi connectivity index (χ1n) is 7.15. The van der Waals surface area contributed by atoms with Crippen molar-refractivity contribution in [2.24, 2.45) is 0 Å². The van der Waals surface area contributed by atoms with Gasteiger partial charge >= 0.3 is 5.97 Å². The van der Waals surface area contributed by atoms with Gasteiger partial charge in [-0.2, -0.15) is 0 Å². The van der Waals surface area contributed by atoms with E-state index in [0.29, 0.717) is 5.56 Å². The Labute approximate surface area is 131 Å². The second kappa shape index (κ2) is 8.71. The summed E-state index contributed by atoms with van der Waals surface area (Å²) in [5.41, 5.74) is 0.459. The molecule has 1 heterocycles. The van der Waals surface area contributed by atoms with Crippen molar-refractivity contribution in [3.63, 3.8) is 0 Å². The van der Waals surface area contributed by atoms with Crippen molar-refractivity contribution < 1.29 is 14.7 Å². The number of nitrogens with zero attached hydrogens (tertiary/aromatic N) is 2. The topological polar surface area (TPSA) is 72.9 Å². The van der Waals surface area contributed by atoms with Crippen LogP contribution in [0, 0.1) is 0 Å². The fourth-order valence-electron chi connectivity index (χ4n) is 1.73. The highest BCUT2D eigenvalue weighted by atomic mass is 16.4. The Kier molecular flexibility index (Phi) is 6.95. The van der Waals surface area contributed by atoms with Gasteiger partial charge in [0.1, 0.15) is 6.04 Å². The van der Waals surface area contributed by atoms with E-state index in [1.54, 1.807) is 30.3 Å². The first kappa shape index (κ1) is 17.6. The van der Waals surface area contributed by atoms with Crippen LogP contribution in [0.15, 0.2) is 42.7 Å². The number of carbonyl (C=O) groups is 2. The van der Waals surface area contributed by atoms with E-state index < -0.39 is 12.0 Å². The number of benzene rings is 1. The minimum Gasteiger partial charge on any atom is -0.480 e. The van der Waals surface area contributed by atoms with Gasteiger partial charge in [0.05, 0.1) is 6.67 Å². The van der Waals surface area contributed by atoms with Gasteiger partial charge < -0.3 is 20.2 Å². The number of hydrogen-bond donors (Lipinski definition) is 2. The summed E-state index contributed by atoms with van der Waals surface area (Å²) in [4.78, 5) is 26.2. The molecule has 120 valence electrons. The van der Waals surface area contributed by atoms with Gasteiger partial charge in [-0.3, -0.25) is 9.59 Å². The van der Waals surface area contributed by atoms with Gasteiger partial charge in [-0.25, -0.2) is 0 Å². The average molecular weight is 305 g/mol. The minimum absolute atomic E-state index is 0.375. The molecule has 1 atom stereocenters. The summed E-state index contributed by atoms with van der Waals surface area (Å²) in [5, 5.41) is 10.9. The highest BCUT2D eigenvalue weighted by Gasteiger charge is 2.14. The minimum atomic E-state index is -1.05. The Morgan fingerprint density at radius 2 is 1.91 bits per heavy atom. The molecule has 1 amide bonds. The second-order valence-corrected chi connectivity index (χ2v) is 5.00. The van der Waals surface area contributed by atoms with Gasteiger partial charge in [0.25, 0.3) is 5.91 Å². The summed E-state index contributed by atoms with van der Waals surface area (Å²) in [7, 11) is 2.08. The van der Waals surface area contributed by atoms with Crippen LogP contribution in [0.3, 0.4) is 0 Å². The third-order valence-corrected chi connectivity index (χ3v) is 3.10. The Morgan fingerprint density at radius 3 is 2.32 bits per heavy atom. The van der Waals surface area contributed by atoms with Crippen LogP contribution in [-0.4, -0.2) is 53.1 Å². The number of hydrogen-bond acceptors (Lipinski definition) is 4. The molecule has 2 N–H and O–H groups in total. The first-order chi connectivity index (χ1) is 10.4. The molecule has 0 fully saturated rings. The van der Waals surface area contributed by atoms with E-state index in [1.807, 2.05) is 0 Å². The van der Waals surface area contributed by atoms with Crippen molar-refractivity contribution in [3.8, 4) is 0 Å². The van der Waals surface area contributed by atoms with Crippen LogP contribution < -0.4 is 5.32 Å². The molecule has 0 aromatic heterocycles. The summed E-state index contributed by atoms with van der Waals surface area (Å²) >= 11 is 0. The van der Waals surface area contributed by atoms with Gasteiger partial charge in [-0.15, -0.1) is 0 Å². The number of rotatable bonds is 4. The van der Waals surface area contributed by atoms with E-state index in [0.717, 1.165) is 13.2 Å². The van der Waals surface area contributed by atoms with E-state index in [4.69, 9.17) is 5.11 Å². The summed E-state index contributed by atoms with van der Waals surface area (Å²) in [6.45, 7) is 5.74. The van der Waals surface area contributed by atoms with E-state index >= 15 is 0 Å². The van der Waals surface area contributed by atoms with E-state index in [2.05, 4.69) is 41.5 Å². The molecule has 0 saturated carbocycles. The van der Waals surface area contributed by atoms with Crippen LogP contribution in [-0.2, 0) is 4.79 Å². The number of amides is 1. The monoisotopic (exact) mass is 305 g/mol. The van der Waals surface area contributed by atoms with Crippen molar-refractivity contribution in [3.05, 3.63) is 48.3 Å². The molecular formula is C16H23N3O3. The first-order valence-corrected chi connectivity index (χ1v) is 7.15. The molecular weight excluding hydrogens is 282 g/mol. The lowest BCUT2D eigenvalue weighted by molar-refractivity contribution is -0.138. The van der Waals surface area contributed by atoms with Gasteiger partial charge in [-0.05, 0) is 26.0 Å². The quantitative estimate of drug-likeness (QED) is 0.883. The van der Waals surface area contributed by atoms with Crippen LogP contribution in [0.25, 0.3) is 0 Å². The average Bonchev–Trinajstić information content (AvgIpc) is 2.94.